The highest BCUT2D eigenvalue weighted by molar-refractivity contribution is 9.10. The molecule has 2 aromatic carbocycles. The van der Waals surface area contributed by atoms with Gasteiger partial charge in [0, 0.05) is 16.1 Å². The van der Waals surface area contributed by atoms with Gasteiger partial charge in [0.2, 0.25) is 0 Å². The number of ether oxygens (including phenoxy) is 2. The molecule has 5 nitrogen and oxygen atoms in total. The summed E-state index contributed by atoms with van der Waals surface area (Å²) < 4.78 is 12.9. The fourth-order valence-corrected chi connectivity index (χ4v) is 3.09. The summed E-state index contributed by atoms with van der Waals surface area (Å²) in [6.45, 7) is 3.79. The molecule has 0 saturated carbocycles. The van der Waals surface area contributed by atoms with Gasteiger partial charge in [0.15, 0.2) is 6.61 Å². The molecule has 0 N–H and O–H groups in total. The lowest BCUT2D eigenvalue weighted by molar-refractivity contribution is 0.0603. The number of aromatic nitrogens is 1. The van der Waals surface area contributed by atoms with Crippen molar-refractivity contribution in [2.75, 3.05) is 13.7 Å². The van der Waals surface area contributed by atoms with Crippen molar-refractivity contribution in [2.24, 2.45) is 0 Å². The number of methoxy groups -OCH3 is 1. The van der Waals surface area contributed by atoms with Gasteiger partial charge in [-0.15, -0.1) is 0 Å². The van der Waals surface area contributed by atoms with Gasteiger partial charge in [0.25, 0.3) is 5.91 Å². The zero-order valence-electron chi connectivity index (χ0n) is 14.7. The van der Waals surface area contributed by atoms with Gasteiger partial charge in [0.1, 0.15) is 5.75 Å². The van der Waals surface area contributed by atoms with Crippen LogP contribution in [0.4, 0.5) is 0 Å². The second kappa shape index (κ2) is 7.33. The number of carbonyl (C=O) groups is 2. The minimum atomic E-state index is -0.479. The van der Waals surface area contributed by atoms with Gasteiger partial charge in [-0.05, 0) is 43.2 Å². The van der Waals surface area contributed by atoms with Gasteiger partial charge in [0.05, 0.1) is 18.2 Å². The van der Waals surface area contributed by atoms with Crippen LogP contribution in [-0.2, 0) is 4.74 Å². The number of hydrogen-bond donors (Lipinski definition) is 0. The van der Waals surface area contributed by atoms with Gasteiger partial charge in [-0.1, -0.05) is 34.1 Å². The fourth-order valence-electron chi connectivity index (χ4n) is 2.86. The van der Waals surface area contributed by atoms with E-state index < -0.39 is 5.97 Å². The molecular formula is C20H18BrNO4. The number of hydrogen-bond acceptors (Lipinski definition) is 4. The molecule has 0 unspecified atom stereocenters. The van der Waals surface area contributed by atoms with E-state index in [0.717, 1.165) is 15.6 Å². The highest BCUT2D eigenvalue weighted by Gasteiger charge is 2.19. The molecule has 0 fully saturated rings. The van der Waals surface area contributed by atoms with Crippen LogP contribution in [0.3, 0.4) is 0 Å². The third-order valence-corrected chi connectivity index (χ3v) is 5.41. The smallest absolute Gasteiger partial charge is 0.340 e. The number of carbonyl (C=O) groups excluding carboxylic acids is 2. The fraction of sp³-hybridized carbons (Fsp3) is 0.200. The molecule has 0 radical (unpaired) electrons. The predicted octanol–water partition coefficient (Wildman–Crippen LogP) is 4.53. The lowest BCUT2D eigenvalue weighted by Crippen LogP contribution is -2.18. The summed E-state index contributed by atoms with van der Waals surface area (Å²) in [7, 11) is 1.32. The van der Waals surface area contributed by atoms with Crippen molar-refractivity contribution >= 4 is 38.7 Å². The summed E-state index contributed by atoms with van der Waals surface area (Å²) in [4.78, 5) is 24.6. The highest BCUT2D eigenvalue weighted by atomic mass is 79.9. The second-order valence-corrected chi connectivity index (χ2v) is 6.77. The van der Waals surface area contributed by atoms with E-state index in [1.807, 2.05) is 38.1 Å². The monoisotopic (exact) mass is 415 g/mol. The number of aryl methyl sites for hydroxylation is 2. The number of fused-ring (bicyclic) bond motifs is 1. The third-order valence-electron chi connectivity index (χ3n) is 4.16. The molecule has 3 aromatic rings. The summed E-state index contributed by atoms with van der Waals surface area (Å²) in [5.74, 6) is -0.122. The van der Waals surface area contributed by atoms with Crippen LogP contribution >= 0.6 is 15.9 Å². The summed E-state index contributed by atoms with van der Waals surface area (Å²) in [6.07, 6.45) is 1.50. The van der Waals surface area contributed by atoms with E-state index in [1.54, 1.807) is 12.1 Å². The van der Waals surface area contributed by atoms with Crippen molar-refractivity contribution in [1.82, 2.24) is 4.57 Å². The van der Waals surface area contributed by atoms with Gasteiger partial charge in [-0.25, -0.2) is 4.79 Å². The molecular weight excluding hydrogens is 398 g/mol. The first kappa shape index (κ1) is 18.2. The highest BCUT2D eigenvalue weighted by Crippen LogP contribution is 2.27. The minimum absolute atomic E-state index is 0.139. The summed E-state index contributed by atoms with van der Waals surface area (Å²) in [5.41, 5.74) is 3.06. The molecule has 0 amide bonds. The zero-order chi connectivity index (χ0) is 18.8. The molecule has 0 spiro atoms. The topological polar surface area (TPSA) is 57.5 Å². The molecule has 0 atom stereocenters. The largest absolute Gasteiger partial charge is 0.484 e. The number of benzene rings is 2. The summed E-state index contributed by atoms with van der Waals surface area (Å²) in [6, 6.07) is 10.9. The Balaban J connectivity index is 1.88. The van der Waals surface area contributed by atoms with Crippen molar-refractivity contribution in [3.8, 4) is 5.75 Å². The van der Waals surface area contributed by atoms with Crippen molar-refractivity contribution in [1.29, 1.82) is 0 Å². The van der Waals surface area contributed by atoms with Crippen LogP contribution in [-0.4, -0.2) is 30.2 Å². The Bertz CT molecular complexity index is 983. The Morgan fingerprint density at radius 2 is 1.77 bits per heavy atom. The van der Waals surface area contributed by atoms with Crippen LogP contribution in [0.5, 0.6) is 5.75 Å². The van der Waals surface area contributed by atoms with Crippen LogP contribution in [0, 0.1) is 13.8 Å². The average molecular weight is 416 g/mol. The van der Waals surface area contributed by atoms with E-state index in [4.69, 9.17) is 9.47 Å². The number of nitrogens with zero attached hydrogens (tertiary/aromatic N) is 1. The van der Waals surface area contributed by atoms with Crippen LogP contribution < -0.4 is 4.74 Å². The maximum atomic E-state index is 12.7. The van der Waals surface area contributed by atoms with Crippen molar-refractivity contribution in [3.63, 3.8) is 0 Å². The van der Waals surface area contributed by atoms with Crippen LogP contribution in [0.15, 0.2) is 47.1 Å². The predicted molar refractivity (Wildman–Crippen MR) is 103 cm³/mol. The van der Waals surface area contributed by atoms with E-state index in [2.05, 4.69) is 15.9 Å². The first-order valence-electron chi connectivity index (χ1n) is 8.03. The Morgan fingerprint density at radius 3 is 2.42 bits per heavy atom. The molecule has 3 rings (SSSR count). The zero-order valence-corrected chi connectivity index (χ0v) is 16.3. The van der Waals surface area contributed by atoms with Crippen molar-refractivity contribution in [2.45, 2.75) is 13.8 Å². The molecule has 134 valence electrons. The lowest BCUT2D eigenvalue weighted by Gasteiger charge is -2.10. The molecule has 0 aliphatic carbocycles. The van der Waals surface area contributed by atoms with E-state index in [0.29, 0.717) is 22.2 Å². The van der Waals surface area contributed by atoms with Crippen LogP contribution in [0.2, 0.25) is 0 Å². The van der Waals surface area contributed by atoms with E-state index in [9.17, 15) is 9.59 Å². The average Bonchev–Trinajstić information content (AvgIpc) is 3.03. The molecule has 0 aliphatic rings. The maximum Gasteiger partial charge on any atom is 0.340 e. The van der Waals surface area contributed by atoms with Gasteiger partial charge < -0.3 is 9.47 Å². The molecule has 26 heavy (non-hydrogen) atoms. The van der Waals surface area contributed by atoms with Crippen LogP contribution in [0.1, 0.15) is 26.3 Å². The Morgan fingerprint density at radius 1 is 1.12 bits per heavy atom. The SMILES string of the molecule is COC(=O)c1cn(C(=O)COc2cc(C)c(Br)c(C)c2)c2ccccc12. The Hall–Kier alpha value is -2.60. The number of halogens is 1. The minimum Gasteiger partial charge on any atom is -0.484 e. The van der Waals surface area contributed by atoms with Crippen molar-refractivity contribution < 1.29 is 19.1 Å². The standard InChI is InChI=1S/C20H18BrNO4/c1-12-8-14(9-13(2)19(12)21)26-11-18(23)22-10-16(20(24)25-3)15-6-4-5-7-17(15)22/h4-10H,11H2,1-3H3. The molecule has 6 heteroatoms. The summed E-state index contributed by atoms with van der Waals surface area (Å²) >= 11 is 3.51. The quantitative estimate of drug-likeness (QED) is 0.587. The van der Waals surface area contributed by atoms with Crippen molar-refractivity contribution in [3.05, 3.63) is 63.8 Å². The third kappa shape index (κ3) is 3.37. The molecule has 0 bridgehead atoms. The molecule has 1 heterocycles. The van der Waals surface area contributed by atoms with E-state index >= 15 is 0 Å². The van der Waals surface area contributed by atoms with Gasteiger partial charge in [-0.3, -0.25) is 9.36 Å². The summed E-state index contributed by atoms with van der Waals surface area (Å²) in [5, 5.41) is 0.669. The van der Waals surface area contributed by atoms with E-state index in [1.165, 1.54) is 17.9 Å². The molecule has 0 saturated heterocycles. The van der Waals surface area contributed by atoms with Gasteiger partial charge in [-0.2, -0.15) is 0 Å². The second-order valence-electron chi connectivity index (χ2n) is 5.97. The maximum absolute atomic E-state index is 12.7. The lowest BCUT2D eigenvalue weighted by atomic mass is 10.1. The number of esters is 1. The first-order chi connectivity index (χ1) is 12.4. The Labute approximate surface area is 159 Å². The van der Waals surface area contributed by atoms with Crippen LogP contribution in [0.25, 0.3) is 10.9 Å². The number of para-hydroxylation sites is 1. The number of rotatable bonds is 4. The van der Waals surface area contributed by atoms with E-state index in [-0.39, 0.29) is 12.5 Å². The Kier molecular flexibility index (Phi) is 5.13. The molecule has 1 aromatic heterocycles. The normalized spacial score (nSPS) is 10.8. The van der Waals surface area contributed by atoms with Gasteiger partial charge >= 0.3 is 5.97 Å². The first-order valence-corrected chi connectivity index (χ1v) is 8.83. The molecule has 0 aliphatic heterocycles.